The maximum absolute atomic E-state index is 12.5. The van der Waals surface area contributed by atoms with Crippen molar-refractivity contribution in [2.45, 2.75) is 6.92 Å². The molecule has 3 rings (SSSR count). The molecule has 102 valence electrons. The molecule has 20 heavy (non-hydrogen) atoms. The SMILES string of the molecule is Cc1nc2ccccc2c(=O)n1-c1ccccc1O.Cl. The third kappa shape index (κ3) is 2.14. The van der Waals surface area contributed by atoms with Gasteiger partial charge in [0.1, 0.15) is 11.6 Å². The summed E-state index contributed by atoms with van der Waals surface area (Å²) in [5, 5.41) is 10.4. The summed E-state index contributed by atoms with van der Waals surface area (Å²) in [5.41, 5.74) is 0.935. The number of phenols is 1. The quantitative estimate of drug-likeness (QED) is 0.749. The topological polar surface area (TPSA) is 55.1 Å². The van der Waals surface area contributed by atoms with Crippen molar-refractivity contribution >= 4 is 23.3 Å². The predicted octanol–water partition coefficient (Wildman–Crippen LogP) is 2.82. The summed E-state index contributed by atoms with van der Waals surface area (Å²) in [6.45, 7) is 1.75. The molecular weight excluding hydrogens is 276 g/mol. The van der Waals surface area contributed by atoms with Crippen LogP contribution in [-0.2, 0) is 0 Å². The van der Waals surface area contributed by atoms with Gasteiger partial charge in [-0.15, -0.1) is 12.4 Å². The molecular formula is C15H13ClN2O2. The summed E-state index contributed by atoms with van der Waals surface area (Å²) in [7, 11) is 0. The minimum atomic E-state index is -0.176. The summed E-state index contributed by atoms with van der Waals surface area (Å²) >= 11 is 0. The summed E-state index contributed by atoms with van der Waals surface area (Å²) in [4.78, 5) is 16.9. The average molecular weight is 289 g/mol. The lowest BCUT2D eigenvalue weighted by molar-refractivity contribution is 0.471. The van der Waals surface area contributed by atoms with Crippen LogP contribution >= 0.6 is 12.4 Å². The zero-order valence-corrected chi connectivity index (χ0v) is 11.6. The molecule has 5 heteroatoms. The molecule has 0 bridgehead atoms. The molecule has 1 N–H and O–H groups in total. The largest absolute Gasteiger partial charge is 0.506 e. The van der Waals surface area contributed by atoms with Gasteiger partial charge in [0.25, 0.3) is 5.56 Å². The molecule has 0 fully saturated rings. The Hall–Kier alpha value is -2.33. The zero-order valence-electron chi connectivity index (χ0n) is 10.8. The molecule has 0 saturated carbocycles. The van der Waals surface area contributed by atoms with E-state index in [2.05, 4.69) is 4.98 Å². The Morgan fingerprint density at radius 1 is 1.05 bits per heavy atom. The van der Waals surface area contributed by atoms with E-state index in [-0.39, 0.29) is 23.7 Å². The zero-order chi connectivity index (χ0) is 13.4. The van der Waals surface area contributed by atoms with Crippen LogP contribution in [0, 0.1) is 6.92 Å². The number of fused-ring (bicyclic) bond motifs is 1. The van der Waals surface area contributed by atoms with Crippen LogP contribution in [0.5, 0.6) is 5.75 Å². The van der Waals surface area contributed by atoms with E-state index in [0.717, 1.165) is 0 Å². The van der Waals surface area contributed by atoms with E-state index < -0.39 is 0 Å². The number of nitrogens with zero attached hydrogens (tertiary/aromatic N) is 2. The monoisotopic (exact) mass is 288 g/mol. The minimum Gasteiger partial charge on any atom is -0.506 e. The third-order valence-electron chi connectivity index (χ3n) is 3.07. The number of aryl methyl sites for hydroxylation is 1. The van der Waals surface area contributed by atoms with E-state index in [1.165, 1.54) is 4.57 Å². The normalized spacial score (nSPS) is 10.2. The minimum absolute atomic E-state index is 0. The second-order valence-electron chi connectivity index (χ2n) is 4.31. The van der Waals surface area contributed by atoms with Crippen molar-refractivity contribution in [2.24, 2.45) is 0 Å². The maximum atomic E-state index is 12.5. The molecule has 3 aromatic rings. The fourth-order valence-corrected chi connectivity index (χ4v) is 2.18. The first-order valence-corrected chi connectivity index (χ1v) is 5.95. The number of aromatic nitrogens is 2. The summed E-state index contributed by atoms with van der Waals surface area (Å²) in [6.07, 6.45) is 0. The van der Waals surface area contributed by atoms with Crippen molar-refractivity contribution in [3.63, 3.8) is 0 Å². The Labute approximate surface area is 121 Å². The summed E-state index contributed by atoms with van der Waals surface area (Å²) < 4.78 is 1.43. The molecule has 1 heterocycles. The lowest BCUT2D eigenvalue weighted by Gasteiger charge is -2.11. The van der Waals surface area contributed by atoms with Gasteiger partial charge in [-0.1, -0.05) is 24.3 Å². The lowest BCUT2D eigenvalue weighted by Crippen LogP contribution is -2.22. The van der Waals surface area contributed by atoms with E-state index >= 15 is 0 Å². The molecule has 0 atom stereocenters. The Balaban J connectivity index is 0.00000147. The molecule has 0 unspecified atom stereocenters. The lowest BCUT2D eigenvalue weighted by atomic mass is 10.2. The predicted molar refractivity (Wildman–Crippen MR) is 81.0 cm³/mol. The number of hydrogen-bond acceptors (Lipinski definition) is 3. The summed E-state index contributed by atoms with van der Waals surface area (Å²) in [6, 6.07) is 13.9. The highest BCUT2D eigenvalue weighted by atomic mass is 35.5. The van der Waals surface area contributed by atoms with Gasteiger partial charge < -0.3 is 5.11 Å². The highest BCUT2D eigenvalue weighted by Gasteiger charge is 2.11. The number of hydrogen-bond donors (Lipinski definition) is 1. The first kappa shape index (κ1) is 14.1. The molecule has 0 amide bonds. The van der Waals surface area contributed by atoms with Crippen molar-refractivity contribution in [3.8, 4) is 11.4 Å². The van der Waals surface area contributed by atoms with Crippen LogP contribution in [0.2, 0.25) is 0 Å². The van der Waals surface area contributed by atoms with E-state index in [1.807, 2.05) is 6.07 Å². The fraction of sp³-hybridized carbons (Fsp3) is 0.0667. The van der Waals surface area contributed by atoms with Crippen molar-refractivity contribution < 1.29 is 5.11 Å². The molecule has 0 aliphatic rings. The Morgan fingerprint density at radius 2 is 1.70 bits per heavy atom. The second kappa shape index (κ2) is 5.35. The van der Waals surface area contributed by atoms with Crippen LogP contribution in [0.4, 0.5) is 0 Å². The Bertz CT molecular complexity index is 827. The smallest absolute Gasteiger partial charge is 0.266 e. The van der Waals surface area contributed by atoms with Gasteiger partial charge in [0.2, 0.25) is 0 Å². The Kier molecular flexibility index (Phi) is 3.77. The first-order chi connectivity index (χ1) is 9.18. The van der Waals surface area contributed by atoms with Gasteiger partial charge in [-0.25, -0.2) is 4.98 Å². The van der Waals surface area contributed by atoms with Crippen LogP contribution < -0.4 is 5.56 Å². The number of benzene rings is 2. The molecule has 0 aliphatic carbocycles. The second-order valence-corrected chi connectivity index (χ2v) is 4.31. The van der Waals surface area contributed by atoms with Gasteiger partial charge in [0.15, 0.2) is 0 Å². The van der Waals surface area contributed by atoms with Gasteiger partial charge in [0, 0.05) is 0 Å². The number of para-hydroxylation sites is 3. The van der Waals surface area contributed by atoms with Crippen LogP contribution in [0.25, 0.3) is 16.6 Å². The van der Waals surface area contributed by atoms with Gasteiger partial charge in [-0.2, -0.15) is 0 Å². The van der Waals surface area contributed by atoms with E-state index in [9.17, 15) is 9.90 Å². The molecule has 0 aliphatic heterocycles. The first-order valence-electron chi connectivity index (χ1n) is 5.95. The molecule has 1 aromatic heterocycles. The van der Waals surface area contributed by atoms with Crippen molar-refractivity contribution in [1.82, 2.24) is 9.55 Å². The number of rotatable bonds is 1. The Morgan fingerprint density at radius 3 is 2.45 bits per heavy atom. The van der Waals surface area contributed by atoms with Crippen LogP contribution in [0.3, 0.4) is 0 Å². The number of aromatic hydroxyl groups is 1. The number of phenolic OH excluding ortho intramolecular Hbond substituents is 1. The third-order valence-corrected chi connectivity index (χ3v) is 3.07. The van der Waals surface area contributed by atoms with E-state index in [0.29, 0.717) is 22.4 Å². The van der Waals surface area contributed by atoms with Crippen molar-refractivity contribution in [1.29, 1.82) is 0 Å². The van der Waals surface area contributed by atoms with Gasteiger partial charge >= 0.3 is 0 Å². The summed E-state index contributed by atoms with van der Waals surface area (Å²) in [5.74, 6) is 0.606. The van der Waals surface area contributed by atoms with Crippen LogP contribution in [-0.4, -0.2) is 14.7 Å². The molecule has 0 spiro atoms. The highest BCUT2D eigenvalue weighted by molar-refractivity contribution is 5.85. The van der Waals surface area contributed by atoms with Crippen LogP contribution in [0.15, 0.2) is 53.3 Å². The van der Waals surface area contributed by atoms with Crippen molar-refractivity contribution in [2.75, 3.05) is 0 Å². The van der Waals surface area contributed by atoms with Gasteiger partial charge in [-0.3, -0.25) is 9.36 Å². The highest BCUT2D eigenvalue weighted by Crippen LogP contribution is 2.21. The average Bonchev–Trinajstić information content (AvgIpc) is 2.41. The van der Waals surface area contributed by atoms with Gasteiger partial charge in [0.05, 0.1) is 16.6 Å². The number of halogens is 1. The fourth-order valence-electron chi connectivity index (χ4n) is 2.18. The van der Waals surface area contributed by atoms with Crippen LogP contribution in [0.1, 0.15) is 5.82 Å². The molecule has 2 aromatic carbocycles. The molecule has 0 saturated heterocycles. The maximum Gasteiger partial charge on any atom is 0.266 e. The van der Waals surface area contributed by atoms with E-state index in [1.54, 1.807) is 49.4 Å². The van der Waals surface area contributed by atoms with E-state index in [4.69, 9.17) is 0 Å². The van der Waals surface area contributed by atoms with Crippen molar-refractivity contribution in [3.05, 3.63) is 64.7 Å². The van der Waals surface area contributed by atoms with Gasteiger partial charge in [-0.05, 0) is 31.2 Å². The molecule has 4 nitrogen and oxygen atoms in total. The standard InChI is InChI=1S/C15H12N2O2.ClH/c1-10-16-12-7-3-2-6-11(12)15(19)17(10)13-8-4-5-9-14(13)18;/h2-9,18H,1H3;1H. The molecule has 0 radical (unpaired) electrons.